The quantitative estimate of drug-likeness (QED) is 0.846. The van der Waals surface area contributed by atoms with Crippen molar-refractivity contribution in [2.75, 3.05) is 26.2 Å². The van der Waals surface area contributed by atoms with Crippen molar-refractivity contribution in [1.29, 1.82) is 0 Å². The smallest absolute Gasteiger partial charge is 0.146 e. The highest BCUT2D eigenvalue weighted by Gasteiger charge is 2.33. The van der Waals surface area contributed by atoms with Crippen molar-refractivity contribution in [1.82, 2.24) is 10.2 Å². The SMILES string of the molecule is Cl.Cl.Fc1c(Cl)cccc1[C@@H](C1CCCC1)N1CCNCC1. The van der Waals surface area contributed by atoms with E-state index in [-0.39, 0.29) is 41.7 Å². The topological polar surface area (TPSA) is 15.3 Å². The zero-order chi connectivity index (χ0) is 13.9. The molecule has 22 heavy (non-hydrogen) atoms. The molecule has 0 radical (unpaired) electrons. The Balaban J connectivity index is 0.00000121. The first-order valence-corrected chi connectivity index (χ1v) is 8.04. The van der Waals surface area contributed by atoms with Gasteiger partial charge in [-0.3, -0.25) is 4.90 Å². The minimum absolute atomic E-state index is 0. The molecular weight excluding hydrogens is 346 g/mol. The van der Waals surface area contributed by atoms with E-state index in [1.165, 1.54) is 25.7 Å². The summed E-state index contributed by atoms with van der Waals surface area (Å²) >= 11 is 6.00. The lowest BCUT2D eigenvalue weighted by Gasteiger charge is -2.38. The molecule has 3 rings (SSSR count). The Hall–Kier alpha value is -0.0600. The van der Waals surface area contributed by atoms with E-state index in [2.05, 4.69) is 10.2 Å². The number of piperazine rings is 1. The summed E-state index contributed by atoms with van der Waals surface area (Å²) in [6.07, 6.45) is 4.96. The van der Waals surface area contributed by atoms with Crippen LogP contribution in [0.5, 0.6) is 0 Å². The van der Waals surface area contributed by atoms with E-state index in [4.69, 9.17) is 11.6 Å². The highest BCUT2D eigenvalue weighted by Crippen LogP contribution is 2.41. The lowest BCUT2D eigenvalue weighted by molar-refractivity contribution is 0.122. The lowest BCUT2D eigenvalue weighted by Crippen LogP contribution is -2.46. The summed E-state index contributed by atoms with van der Waals surface area (Å²) < 4.78 is 14.5. The summed E-state index contributed by atoms with van der Waals surface area (Å²) in [5.74, 6) is 0.352. The van der Waals surface area contributed by atoms with Crippen LogP contribution in [-0.2, 0) is 0 Å². The molecule has 2 fully saturated rings. The van der Waals surface area contributed by atoms with Gasteiger partial charge in [0.2, 0.25) is 0 Å². The van der Waals surface area contributed by atoms with Crippen LogP contribution in [0.2, 0.25) is 5.02 Å². The zero-order valence-corrected chi connectivity index (χ0v) is 15.0. The van der Waals surface area contributed by atoms with Crippen molar-refractivity contribution < 1.29 is 4.39 Å². The summed E-state index contributed by atoms with van der Waals surface area (Å²) in [6, 6.07) is 5.64. The fourth-order valence-corrected chi connectivity index (χ4v) is 3.91. The van der Waals surface area contributed by atoms with Gasteiger partial charge in [-0.1, -0.05) is 36.6 Å². The summed E-state index contributed by atoms with van der Waals surface area (Å²) in [5, 5.41) is 3.63. The average molecular weight is 370 g/mol. The molecule has 1 aromatic rings. The van der Waals surface area contributed by atoms with Crippen LogP contribution in [0.1, 0.15) is 37.3 Å². The molecule has 1 saturated carbocycles. The second kappa shape index (κ2) is 9.29. The summed E-state index contributed by atoms with van der Waals surface area (Å²) in [4.78, 5) is 2.45. The van der Waals surface area contributed by atoms with Crippen molar-refractivity contribution in [3.8, 4) is 0 Å². The normalized spacial score (nSPS) is 21.0. The van der Waals surface area contributed by atoms with Gasteiger partial charge in [0, 0.05) is 37.8 Å². The van der Waals surface area contributed by atoms with Crippen LogP contribution in [0.4, 0.5) is 4.39 Å². The third kappa shape index (κ3) is 4.27. The van der Waals surface area contributed by atoms with Crippen LogP contribution in [0, 0.1) is 11.7 Å². The van der Waals surface area contributed by atoms with Gasteiger partial charge >= 0.3 is 0 Å². The van der Waals surface area contributed by atoms with Gasteiger partial charge in [-0.05, 0) is 24.8 Å². The maximum Gasteiger partial charge on any atom is 0.146 e. The Morgan fingerprint density at radius 2 is 1.77 bits per heavy atom. The first-order chi connectivity index (χ1) is 9.77. The maximum absolute atomic E-state index is 14.5. The van der Waals surface area contributed by atoms with Crippen LogP contribution in [0.25, 0.3) is 0 Å². The molecule has 126 valence electrons. The predicted octanol–water partition coefficient (Wildman–Crippen LogP) is 4.46. The Kier molecular flexibility index (Phi) is 8.44. The van der Waals surface area contributed by atoms with Crippen molar-refractivity contribution >= 4 is 36.4 Å². The minimum Gasteiger partial charge on any atom is -0.314 e. The molecule has 1 heterocycles. The van der Waals surface area contributed by atoms with Crippen molar-refractivity contribution in [2.24, 2.45) is 5.92 Å². The number of hydrogen-bond acceptors (Lipinski definition) is 2. The molecule has 2 nitrogen and oxygen atoms in total. The van der Waals surface area contributed by atoms with E-state index in [0.29, 0.717) is 5.92 Å². The summed E-state index contributed by atoms with van der Waals surface area (Å²) in [5.41, 5.74) is 0.798. The Labute approximate surface area is 149 Å². The molecule has 1 saturated heterocycles. The van der Waals surface area contributed by atoms with Gasteiger partial charge in [0.25, 0.3) is 0 Å². The molecule has 0 bridgehead atoms. The molecular formula is C16H24Cl3FN2. The van der Waals surface area contributed by atoms with Crippen LogP contribution in [0.15, 0.2) is 18.2 Å². The van der Waals surface area contributed by atoms with Gasteiger partial charge in [0.1, 0.15) is 5.82 Å². The number of hydrogen-bond donors (Lipinski definition) is 1. The summed E-state index contributed by atoms with van der Waals surface area (Å²) in [7, 11) is 0. The zero-order valence-electron chi connectivity index (χ0n) is 12.6. The van der Waals surface area contributed by atoms with Gasteiger partial charge in [0.15, 0.2) is 0 Å². The van der Waals surface area contributed by atoms with E-state index in [1.807, 2.05) is 12.1 Å². The van der Waals surface area contributed by atoms with Gasteiger partial charge < -0.3 is 5.32 Å². The van der Waals surface area contributed by atoms with Gasteiger partial charge in [-0.25, -0.2) is 4.39 Å². The van der Waals surface area contributed by atoms with Crippen LogP contribution in [0.3, 0.4) is 0 Å². The molecule has 1 aromatic carbocycles. The highest BCUT2D eigenvalue weighted by atomic mass is 35.5. The third-order valence-electron chi connectivity index (χ3n) is 4.69. The monoisotopic (exact) mass is 368 g/mol. The minimum atomic E-state index is -0.218. The van der Waals surface area contributed by atoms with Gasteiger partial charge in [-0.2, -0.15) is 0 Å². The second-order valence-corrected chi connectivity index (χ2v) is 6.33. The standard InChI is InChI=1S/C16H22ClFN2.2ClH/c17-14-7-3-6-13(15(14)18)16(12-4-1-2-5-12)20-10-8-19-9-11-20;;/h3,6-7,12,16,19H,1-2,4-5,8-11H2;2*1H/t16-;;/m1../s1. The predicted molar refractivity (Wildman–Crippen MR) is 95.0 cm³/mol. The first-order valence-electron chi connectivity index (χ1n) is 7.66. The Bertz CT molecular complexity index is 461. The molecule has 1 atom stereocenters. The first kappa shape index (κ1) is 20.0. The molecule has 6 heteroatoms. The second-order valence-electron chi connectivity index (χ2n) is 5.92. The summed E-state index contributed by atoms with van der Waals surface area (Å²) in [6.45, 7) is 3.97. The number of nitrogens with zero attached hydrogens (tertiary/aromatic N) is 1. The molecule has 2 aliphatic rings. The molecule has 0 spiro atoms. The molecule has 0 amide bonds. The molecule has 1 aliphatic heterocycles. The van der Waals surface area contributed by atoms with E-state index in [1.54, 1.807) is 6.07 Å². The van der Waals surface area contributed by atoms with Crippen LogP contribution < -0.4 is 5.32 Å². The molecule has 0 unspecified atom stereocenters. The molecule has 0 aromatic heterocycles. The van der Waals surface area contributed by atoms with E-state index < -0.39 is 0 Å². The van der Waals surface area contributed by atoms with Crippen molar-refractivity contribution in [3.63, 3.8) is 0 Å². The number of halogens is 4. The lowest BCUT2D eigenvalue weighted by atomic mass is 9.89. The highest BCUT2D eigenvalue weighted by molar-refractivity contribution is 6.30. The fraction of sp³-hybridized carbons (Fsp3) is 0.625. The molecule has 1 aliphatic carbocycles. The van der Waals surface area contributed by atoms with Crippen LogP contribution >= 0.6 is 36.4 Å². The fourth-order valence-electron chi connectivity index (χ4n) is 3.73. The largest absolute Gasteiger partial charge is 0.314 e. The van der Waals surface area contributed by atoms with Gasteiger partial charge in [-0.15, -0.1) is 24.8 Å². The number of rotatable bonds is 3. The van der Waals surface area contributed by atoms with E-state index in [0.717, 1.165) is 31.7 Å². The third-order valence-corrected chi connectivity index (χ3v) is 4.98. The molecule has 1 N–H and O–H groups in total. The van der Waals surface area contributed by atoms with Crippen LogP contribution in [-0.4, -0.2) is 31.1 Å². The maximum atomic E-state index is 14.5. The van der Waals surface area contributed by atoms with Gasteiger partial charge in [0.05, 0.1) is 5.02 Å². The number of benzene rings is 1. The van der Waals surface area contributed by atoms with E-state index in [9.17, 15) is 4.39 Å². The van der Waals surface area contributed by atoms with E-state index >= 15 is 0 Å². The average Bonchev–Trinajstić information content (AvgIpc) is 2.99. The Morgan fingerprint density at radius 1 is 1.14 bits per heavy atom. The Morgan fingerprint density at radius 3 is 2.41 bits per heavy atom. The number of nitrogens with one attached hydrogen (secondary N) is 1. The van der Waals surface area contributed by atoms with Crippen molar-refractivity contribution in [2.45, 2.75) is 31.7 Å². The van der Waals surface area contributed by atoms with Crippen molar-refractivity contribution in [3.05, 3.63) is 34.6 Å².